The normalized spacial score (nSPS) is 35.3. The average Bonchev–Trinajstić information content (AvgIpc) is 2.83. The summed E-state index contributed by atoms with van der Waals surface area (Å²) in [4.78, 5) is 0. The number of hydrogen-bond acceptors (Lipinski definition) is 0. The van der Waals surface area contributed by atoms with Crippen LogP contribution in [0.5, 0.6) is 0 Å². The maximum atomic E-state index is 4.43. The number of fused-ring (bicyclic) bond motifs is 1. The predicted molar refractivity (Wildman–Crippen MR) is 54.4 cm³/mol. The van der Waals surface area contributed by atoms with Crippen molar-refractivity contribution in [1.82, 2.24) is 0 Å². The molecule has 1 saturated heterocycles. The molecule has 0 amide bonds. The van der Waals surface area contributed by atoms with Crippen LogP contribution in [-0.4, -0.2) is 13.1 Å². The Bertz CT molecular complexity index is 147. The third-order valence-electron chi connectivity index (χ3n) is 3.51. The topological polar surface area (TPSA) is 14.1 Å². The first kappa shape index (κ1) is 14.1. The van der Waals surface area contributed by atoms with Crippen molar-refractivity contribution < 1.29 is 32.7 Å². The van der Waals surface area contributed by atoms with Gasteiger partial charge in [0.05, 0.1) is 0 Å². The molecular formula is C11H22NY-. The van der Waals surface area contributed by atoms with E-state index in [0.717, 1.165) is 30.3 Å². The number of nitrogens with zero attached hydrogens (tertiary/aromatic N) is 1. The molecule has 2 fully saturated rings. The van der Waals surface area contributed by atoms with Gasteiger partial charge in [-0.1, -0.05) is 40.0 Å². The van der Waals surface area contributed by atoms with Gasteiger partial charge < -0.3 is 5.32 Å². The zero-order chi connectivity index (χ0) is 9.19. The van der Waals surface area contributed by atoms with E-state index in [1.807, 2.05) is 13.8 Å². The molecule has 0 spiro atoms. The number of hydrogen-bond donors (Lipinski definition) is 0. The van der Waals surface area contributed by atoms with Gasteiger partial charge in [0.1, 0.15) is 0 Å². The van der Waals surface area contributed by atoms with Crippen molar-refractivity contribution in [3.8, 4) is 0 Å². The molecule has 1 aliphatic heterocycles. The van der Waals surface area contributed by atoms with Crippen molar-refractivity contribution >= 4 is 0 Å². The Morgan fingerprint density at radius 2 is 1.92 bits per heavy atom. The van der Waals surface area contributed by atoms with Crippen LogP contribution in [0, 0.1) is 17.3 Å². The van der Waals surface area contributed by atoms with Gasteiger partial charge in [-0.05, 0) is 17.8 Å². The van der Waals surface area contributed by atoms with E-state index in [0.29, 0.717) is 0 Å². The van der Waals surface area contributed by atoms with E-state index in [1.165, 1.54) is 12.8 Å². The maximum Gasteiger partial charge on any atom is 0 e. The van der Waals surface area contributed by atoms with Crippen molar-refractivity contribution in [2.75, 3.05) is 13.1 Å². The second kappa shape index (κ2) is 5.83. The molecule has 2 aliphatic rings. The van der Waals surface area contributed by atoms with Crippen LogP contribution in [0.1, 0.15) is 40.5 Å². The van der Waals surface area contributed by atoms with E-state index in [4.69, 9.17) is 0 Å². The minimum atomic E-state index is 0. The zero-order valence-corrected chi connectivity index (χ0v) is 12.3. The van der Waals surface area contributed by atoms with E-state index >= 15 is 0 Å². The molecular weight excluding hydrogens is 235 g/mol. The molecule has 1 saturated carbocycles. The second-order valence-corrected chi connectivity index (χ2v) is 4.17. The zero-order valence-electron chi connectivity index (χ0n) is 9.51. The van der Waals surface area contributed by atoms with E-state index in [1.54, 1.807) is 0 Å². The van der Waals surface area contributed by atoms with Gasteiger partial charge in [0.15, 0.2) is 0 Å². The maximum absolute atomic E-state index is 4.43. The standard InChI is InChI=1S/C9H16N.C2H6.Y/c1-7(2)9-3-4-10-6-8(9)5-9;1-2;/h7-8H,3-6H2,1-2H3;1-2H3;/q-1;;. The van der Waals surface area contributed by atoms with Crippen molar-refractivity contribution in [2.45, 2.75) is 40.5 Å². The first-order valence-corrected chi connectivity index (χ1v) is 5.39. The molecule has 0 aromatic carbocycles. The van der Waals surface area contributed by atoms with Crippen LogP contribution in [0.15, 0.2) is 0 Å². The molecule has 0 aromatic rings. The van der Waals surface area contributed by atoms with Crippen molar-refractivity contribution in [1.29, 1.82) is 0 Å². The fourth-order valence-corrected chi connectivity index (χ4v) is 2.48. The number of rotatable bonds is 1. The third kappa shape index (κ3) is 2.76. The Morgan fingerprint density at radius 3 is 2.31 bits per heavy atom. The van der Waals surface area contributed by atoms with Crippen molar-refractivity contribution in [3.63, 3.8) is 0 Å². The summed E-state index contributed by atoms with van der Waals surface area (Å²) in [6.45, 7) is 11.0. The van der Waals surface area contributed by atoms with Crippen LogP contribution in [-0.2, 0) is 32.7 Å². The second-order valence-electron chi connectivity index (χ2n) is 4.17. The van der Waals surface area contributed by atoms with Crippen LogP contribution in [0.3, 0.4) is 0 Å². The average molecular weight is 257 g/mol. The summed E-state index contributed by atoms with van der Waals surface area (Å²) in [5, 5.41) is 4.43. The molecule has 13 heavy (non-hydrogen) atoms. The van der Waals surface area contributed by atoms with Gasteiger partial charge in [0.25, 0.3) is 0 Å². The first-order valence-electron chi connectivity index (χ1n) is 5.39. The summed E-state index contributed by atoms with van der Waals surface area (Å²) in [6, 6.07) is 0. The molecule has 1 heterocycles. The fourth-order valence-electron chi connectivity index (χ4n) is 2.48. The molecule has 1 aliphatic carbocycles. The first-order chi connectivity index (χ1) is 5.76. The number of piperidine rings is 1. The summed E-state index contributed by atoms with van der Waals surface area (Å²) < 4.78 is 0. The summed E-state index contributed by atoms with van der Waals surface area (Å²) in [5.74, 6) is 1.87. The molecule has 2 heteroatoms. The molecule has 0 aromatic heterocycles. The van der Waals surface area contributed by atoms with E-state index in [2.05, 4.69) is 19.2 Å². The predicted octanol–water partition coefficient (Wildman–Crippen LogP) is 3.45. The van der Waals surface area contributed by atoms with Crippen LogP contribution in [0.25, 0.3) is 5.32 Å². The molecule has 1 nitrogen and oxygen atoms in total. The Labute approximate surface area is 108 Å². The van der Waals surface area contributed by atoms with Gasteiger partial charge in [0, 0.05) is 32.7 Å². The van der Waals surface area contributed by atoms with E-state index in [-0.39, 0.29) is 32.7 Å². The molecule has 0 bridgehead atoms. The molecule has 1 radical (unpaired) electrons. The largest absolute Gasteiger partial charge is 0.662 e. The quantitative estimate of drug-likeness (QED) is 0.683. The fraction of sp³-hybridized carbons (Fsp3) is 1.00. The van der Waals surface area contributed by atoms with Gasteiger partial charge in [-0.3, -0.25) is 0 Å². The summed E-state index contributed by atoms with van der Waals surface area (Å²) >= 11 is 0. The van der Waals surface area contributed by atoms with Crippen LogP contribution in [0.4, 0.5) is 0 Å². The van der Waals surface area contributed by atoms with Crippen LogP contribution in [0.2, 0.25) is 0 Å². The SMILES string of the molecule is CC.CC(C)C12CC[N-]CC1C2.[Y]. The molecule has 2 rings (SSSR count). The molecule has 2 atom stereocenters. The Balaban J connectivity index is 0.000000451. The Kier molecular flexibility index (Phi) is 6.30. The van der Waals surface area contributed by atoms with Crippen LogP contribution < -0.4 is 0 Å². The van der Waals surface area contributed by atoms with Crippen LogP contribution >= 0.6 is 0 Å². The van der Waals surface area contributed by atoms with Gasteiger partial charge in [-0.15, -0.1) is 13.1 Å². The van der Waals surface area contributed by atoms with E-state index < -0.39 is 0 Å². The van der Waals surface area contributed by atoms with Crippen molar-refractivity contribution in [2.24, 2.45) is 17.3 Å². The van der Waals surface area contributed by atoms with Gasteiger partial charge in [-0.25, -0.2) is 0 Å². The molecule has 0 N–H and O–H groups in total. The Hall–Kier alpha value is 1.06. The monoisotopic (exact) mass is 257 g/mol. The van der Waals surface area contributed by atoms with Gasteiger partial charge >= 0.3 is 0 Å². The van der Waals surface area contributed by atoms with E-state index in [9.17, 15) is 0 Å². The van der Waals surface area contributed by atoms with Gasteiger partial charge in [0.2, 0.25) is 0 Å². The smallest absolute Gasteiger partial charge is 0 e. The Morgan fingerprint density at radius 1 is 1.31 bits per heavy atom. The summed E-state index contributed by atoms with van der Waals surface area (Å²) in [7, 11) is 0. The summed E-state index contributed by atoms with van der Waals surface area (Å²) in [5.41, 5.74) is 0.752. The minimum Gasteiger partial charge on any atom is -0.662 e. The molecule has 2 unspecified atom stereocenters. The summed E-state index contributed by atoms with van der Waals surface area (Å²) in [6.07, 6.45) is 2.84. The van der Waals surface area contributed by atoms with Gasteiger partial charge in [-0.2, -0.15) is 0 Å². The van der Waals surface area contributed by atoms with Crippen molar-refractivity contribution in [3.05, 3.63) is 5.32 Å². The molecule has 75 valence electrons. The minimum absolute atomic E-state index is 0. The third-order valence-corrected chi connectivity index (χ3v) is 3.51.